The van der Waals surface area contributed by atoms with Gasteiger partial charge in [0.25, 0.3) is 5.91 Å². The number of thioether (sulfide) groups is 1. The van der Waals surface area contributed by atoms with Crippen molar-refractivity contribution in [3.63, 3.8) is 0 Å². The van der Waals surface area contributed by atoms with Crippen molar-refractivity contribution in [3.8, 4) is 0 Å². The Balaban J connectivity index is 1.77. The van der Waals surface area contributed by atoms with E-state index in [0.29, 0.717) is 27.4 Å². The molecule has 2 rings (SSSR count). The number of rotatable bonds is 11. The minimum Gasteiger partial charge on any atom is -0.342 e. The largest absolute Gasteiger partial charge is 0.342 e. The highest BCUT2D eigenvalue weighted by Crippen LogP contribution is 2.33. The number of unbranched alkanes of at least 4 members (excludes halogenated alkanes) is 5. The molecule has 2 N–H and O–H groups in total. The van der Waals surface area contributed by atoms with Crippen LogP contribution in [0.4, 0.5) is 5.69 Å². The topological polar surface area (TPSA) is 73.8 Å². The molecular weight excluding hydrogens is 443 g/mol. The predicted octanol–water partition coefficient (Wildman–Crippen LogP) is 4.94. The quantitative estimate of drug-likeness (QED) is 0.353. The third kappa shape index (κ3) is 7.95. The van der Waals surface area contributed by atoms with Gasteiger partial charge in [-0.1, -0.05) is 55.0 Å². The molecule has 0 radical (unpaired) electrons. The van der Waals surface area contributed by atoms with Gasteiger partial charge < -0.3 is 15.5 Å². The Bertz CT molecular complexity index is 794. The average Bonchev–Trinajstić information content (AvgIpc) is 3.05. The monoisotopic (exact) mass is 470 g/mol. The number of halogens is 2. The maximum atomic E-state index is 12.4. The number of anilines is 1. The number of carbonyl (C=O) groups excluding carboxylic acids is 2. The van der Waals surface area contributed by atoms with Crippen molar-refractivity contribution >= 4 is 57.6 Å². The zero-order chi connectivity index (χ0) is 21.9. The van der Waals surface area contributed by atoms with Crippen molar-refractivity contribution in [3.05, 3.63) is 39.2 Å². The van der Waals surface area contributed by atoms with Crippen LogP contribution in [0.2, 0.25) is 10.0 Å². The Morgan fingerprint density at radius 3 is 2.43 bits per heavy atom. The highest BCUT2D eigenvalue weighted by molar-refractivity contribution is 8.18. The van der Waals surface area contributed by atoms with E-state index in [0.717, 1.165) is 31.1 Å². The molecule has 1 aliphatic rings. The maximum Gasteiger partial charge on any atom is 0.286 e. The third-order valence-electron chi connectivity index (χ3n) is 4.62. The molecular formula is C21H28Cl2N4O2S. The maximum absolute atomic E-state index is 12.4. The van der Waals surface area contributed by atoms with E-state index in [2.05, 4.69) is 15.6 Å². The smallest absolute Gasteiger partial charge is 0.286 e. The first kappa shape index (κ1) is 24.7. The van der Waals surface area contributed by atoms with Gasteiger partial charge in [0.05, 0.1) is 20.6 Å². The Morgan fingerprint density at radius 1 is 1.13 bits per heavy atom. The summed E-state index contributed by atoms with van der Waals surface area (Å²) in [6.07, 6.45) is 8.22. The normalized spacial score (nSPS) is 14.9. The van der Waals surface area contributed by atoms with Crippen molar-refractivity contribution in [2.45, 2.75) is 38.5 Å². The fraction of sp³-hybridized carbons (Fsp3) is 0.476. The molecule has 0 saturated heterocycles. The van der Waals surface area contributed by atoms with Gasteiger partial charge in [-0.25, -0.2) is 0 Å². The fourth-order valence-corrected chi connectivity index (χ4v) is 4.15. The van der Waals surface area contributed by atoms with Crippen LogP contribution in [0.15, 0.2) is 34.2 Å². The molecule has 2 amide bonds. The van der Waals surface area contributed by atoms with Crippen LogP contribution in [0.25, 0.3) is 0 Å². The number of para-hydroxylation sites is 1. The number of nitrogens with one attached hydrogen (secondary N) is 2. The molecule has 1 aromatic rings. The first-order valence-corrected chi connectivity index (χ1v) is 11.6. The summed E-state index contributed by atoms with van der Waals surface area (Å²) in [6.45, 7) is 1.73. The number of hydrogen-bond donors (Lipinski definition) is 2. The van der Waals surface area contributed by atoms with Crippen LogP contribution in [-0.2, 0) is 9.59 Å². The van der Waals surface area contributed by atoms with E-state index in [1.165, 1.54) is 31.8 Å². The summed E-state index contributed by atoms with van der Waals surface area (Å²) in [5.41, 5.74) is 0.482. The summed E-state index contributed by atoms with van der Waals surface area (Å²) in [7, 11) is 3.72. The summed E-state index contributed by atoms with van der Waals surface area (Å²) in [5, 5.41) is 7.31. The third-order valence-corrected chi connectivity index (χ3v) is 6.15. The molecule has 0 spiro atoms. The van der Waals surface area contributed by atoms with Crippen molar-refractivity contribution in [2.24, 2.45) is 4.99 Å². The number of likely N-dealkylation sites (N-methyl/N-ethyl adjacent to an activating group) is 1. The molecule has 1 aromatic carbocycles. The minimum absolute atomic E-state index is 0.202. The first-order valence-electron chi connectivity index (χ1n) is 10.1. The molecule has 0 aromatic heterocycles. The highest BCUT2D eigenvalue weighted by Gasteiger charge is 2.24. The van der Waals surface area contributed by atoms with Crippen LogP contribution < -0.4 is 10.6 Å². The molecule has 0 aliphatic carbocycles. The number of hydrogen-bond acceptors (Lipinski definition) is 5. The number of nitrogens with zero attached hydrogens (tertiary/aromatic N) is 2. The molecule has 0 bridgehead atoms. The van der Waals surface area contributed by atoms with Crippen LogP contribution >= 0.6 is 35.0 Å². The predicted molar refractivity (Wildman–Crippen MR) is 127 cm³/mol. The summed E-state index contributed by atoms with van der Waals surface area (Å²) in [4.78, 5) is 30.4. The second kappa shape index (κ2) is 13.0. The average molecular weight is 471 g/mol. The van der Waals surface area contributed by atoms with E-state index < -0.39 is 5.91 Å². The lowest BCUT2D eigenvalue weighted by Gasteiger charge is -2.15. The number of amides is 2. The van der Waals surface area contributed by atoms with Crippen LogP contribution in [0.5, 0.6) is 0 Å². The Hall–Kier alpha value is -1.54. The van der Waals surface area contributed by atoms with E-state index in [1.54, 1.807) is 30.1 Å². The van der Waals surface area contributed by atoms with Crippen LogP contribution in [0, 0.1) is 0 Å². The molecule has 9 heteroatoms. The van der Waals surface area contributed by atoms with E-state index >= 15 is 0 Å². The summed E-state index contributed by atoms with van der Waals surface area (Å²) in [6, 6.07) is 5.11. The highest BCUT2D eigenvalue weighted by atomic mass is 35.5. The van der Waals surface area contributed by atoms with Crippen LogP contribution in [0.1, 0.15) is 38.5 Å². The summed E-state index contributed by atoms with van der Waals surface area (Å²) < 4.78 is 0. The van der Waals surface area contributed by atoms with E-state index in [9.17, 15) is 9.59 Å². The van der Waals surface area contributed by atoms with Gasteiger partial charge in [-0.3, -0.25) is 9.59 Å². The summed E-state index contributed by atoms with van der Waals surface area (Å²) in [5.74, 6) is -0.652. The zero-order valence-electron chi connectivity index (χ0n) is 17.3. The van der Waals surface area contributed by atoms with E-state index in [4.69, 9.17) is 23.2 Å². The molecule has 0 atom stereocenters. The Kier molecular flexibility index (Phi) is 10.7. The lowest BCUT2D eigenvalue weighted by Crippen LogP contribution is -2.26. The SMILES string of the molecule is CNCCCCCCCCN(C)C(=O)/C=C1\SC(Nc2c(Cl)cccc2Cl)=NC1=O. The van der Waals surface area contributed by atoms with Crippen molar-refractivity contribution in [2.75, 3.05) is 32.5 Å². The molecule has 30 heavy (non-hydrogen) atoms. The van der Waals surface area contributed by atoms with E-state index in [1.807, 2.05) is 7.05 Å². The number of amidine groups is 1. The molecule has 0 saturated carbocycles. The van der Waals surface area contributed by atoms with Gasteiger partial charge in [0.1, 0.15) is 0 Å². The lowest BCUT2D eigenvalue weighted by atomic mass is 10.1. The first-order chi connectivity index (χ1) is 14.4. The van der Waals surface area contributed by atoms with Gasteiger partial charge in [-0.05, 0) is 50.3 Å². The molecule has 1 heterocycles. The van der Waals surface area contributed by atoms with Crippen molar-refractivity contribution in [1.29, 1.82) is 0 Å². The van der Waals surface area contributed by atoms with Crippen LogP contribution in [0.3, 0.4) is 0 Å². The van der Waals surface area contributed by atoms with Gasteiger partial charge in [0, 0.05) is 19.7 Å². The van der Waals surface area contributed by atoms with Gasteiger partial charge in [-0.15, -0.1) is 0 Å². The molecule has 0 unspecified atom stereocenters. The van der Waals surface area contributed by atoms with Gasteiger partial charge >= 0.3 is 0 Å². The molecule has 0 fully saturated rings. The summed E-state index contributed by atoms with van der Waals surface area (Å²) >= 11 is 13.4. The van der Waals surface area contributed by atoms with Crippen molar-refractivity contribution < 1.29 is 9.59 Å². The number of carbonyl (C=O) groups is 2. The molecule has 1 aliphatic heterocycles. The number of aliphatic imine (C=N–C) groups is 1. The fourth-order valence-electron chi connectivity index (χ4n) is 2.88. The van der Waals surface area contributed by atoms with Crippen LogP contribution in [-0.4, -0.2) is 49.1 Å². The van der Waals surface area contributed by atoms with Gasteiger partial charge in [-0.2, -0.15) is 4.99 Å². The molecule has 6 nitrogen and oxygen atoms in total. The van der Waals surface area contributed by atoms with E-state index in [-0.39, 0.29) is 10.8 Å². The lowest BCUT2D eigenvalue weighted by molar-refractivity contribution is -0.125. The van der Waals surface area contributed by atoms with Crippen molar-refractivity contribution in [1.82, 2.24) is 10.2 Å². The minimum atomic E-state index is -0.450. The van der Waals surface area contributed by atoms with Gasteiger partial charge in [0.2, 0.25) is 5.91 Å². The zero-order valence-corrected chi connectivity index (χ0v) is 19.7. The second-order valence-corrected chi connectivity index (χ2v) is 8.88. The number of benzene rings is 1. The Morgan fingerprint density at radius 2 is 1.77 bits per heavy atom. The second-order valence-electron chi connectivity index (χ2n) is 7.04. The standard InChI is InChI=1S/C21H28Cl2N4O2S/c1-24-12-7-5-3-4-6-8-13-27(2)18(28)14-17-20(29)26-21(30-17)25-19-15(22)10-9-11-16(19)23/h9-11,14,24H,3-8,12-13H2,1-2H3,(H,25,26,29)/b17-14-. The molecule has 164 valence electrons. The van der Waals surface area contributed by atoms with Gasteiger partial charge in [0.15, 0.2) is 5.17 Å². The Labute approximate surface area is 192 Å².